The van der Waals surface area contributed by atoms with Crippen molar-refractivity contribution in [3.05, 3.63) is 63.1 Å². The number of nitrogens with zero attached hydrogens (tertiary/aromatic N) is 1. The minimum atomic E-state index is -0.687. The van der Waals surface area contributed by atoms with Crippen molar-refractivity contribution in [1.29, 1.82) is 0 Å². The lowest BCUT2D eigenvalue weighted by atomic mass is 10.1. The molecular formula is C21H23Cl2N3O2. The number of nitrogens with one attached hydrogen (secondary N) is 1. The van der Waals surface area contributed by atoms with Gasteiger partial charge in [0.15, 0.2) is 0 Å². The second-order valence-electron chi connectivity index (χ2n) is 7.37. The van der Waals surface area contributed by atoms with Gasteiger partial charge in [-0.2, -0.15) is 0 Å². The van der Waals surface area contributed by atoms with Gasteiger partial charge in [-0.05, 0) is 47.4 Å². The molecule has 2 aromatic carbocycles. The smallest absolute Gasteiger partial charge is 0.240 e. The van der Waals surface area contributed by atoms with Crippen LogP contribution in [-0.4, -0.2) is 22.8 Å². The van der Waals surface area contributed by atoms with Crippen LogP contribution in [0.2, 0.25) is 10.0 Å². The molecule has 1 atom stereocenters. The molecule has 3 N–H and O–H groups in total. The topological polar surface area (TPSA) is 75.4 Å². The van der Waals surface area contributed by atoms with Crippen molar-refractivity contribution in [1.82, 2.24) is 4.90 Å². The van der Waals surface area contributed by atoms with Crippen LogP contribution < -0.4 is 11.1 Å². The van der Waals surface area contributed by atoms with Crippen LogP contribution >= 0.6 is 23.2 Å². The molecule has 2 aromatic rings. The molecule has 1 heterocycles. The average Bonchev–Trinajstić information content (AvgIpc) is 3.06. The predicted molar refractivity (Wildman–Crippen MR) is 112 cm³/mol. The third-order valence-corrected chi connectivity index (χ3v) is 5.39. The zero-order chi connectivity index (χ0) is 20.4. The first-order valence-electron chi connectivity index (χ1n) is 9.15. The second-order valence-corrected chi connectivity index (χ2v) is 8.21. The minimum absolute atomic E-state index is 0.0345. The molecule has 148 valence electrons. The van der Waals surface area contributed by atoms with Gasteiger partial charge in [-0.15, -0.1) is 0 Å². The van der Waals surface area contributed by atoms with Gasteiger partial charge in [0.05, 0.1) is 6.04 Å². The zero-order valence-corrected chi connectivity index (χ0v) is 17.3. The minimum Gasteiger partial charge on any atom is -0.333 e. The van der Waals surface area contributed by atoms with E-state index in [0.29, 0.717) is 29.6 Å². The van der Waals surface area contributed by atoms with Gasteiger partial charge in [0, 0.05) is 34.7 Å². The molecule has 1 aliphatic heterocycles. The Bertz CT molecular complexity index is 915. The van der Waals surface area contributed by atoms with Crippen molar-refractivity contribution in [2.75, 3.05) is 5.32 Å². The van der Waals surface area contributed by atoms with Gasteiger partial charge < -0.3 is 16.0 Å². The highest BCUT2D eigenvalue weighted by atomic mass is 35.5. The Balaban J connectivity index is 1.65. The molecule has 0 spiro atoms. The maximum atomic E-state index is 12.8. The summed E-state index contributed by atoms with van der Waals surface area (Å²) < 4.78 is 0. The van der Waals surface area contributed by atoms with Gasteiger partial charge in [0.2, 0.25) is 11.8 Å². The number of carbonyl (C=O) groups is 2. The molecule has 0 unspecified atom stereocenters. The second kappa shape index (κ2) is 8.52. The van der Waals surface area contributed by atoms with Gasteiger partial charge in [-0.25, -0.2) is 0 Å². The zero-order valence-electron chi connectivity index (χ0n) is 15.8. The van der Waals surface area contributed by atoms with Crippen LogP contribution in [0.3, 0.4) is 0 Å². The van der Waals surface area contributed by atoms with Crippen molar-refractivity contribution in [2.45, 2.75) is 39.4 Å². The Labute approximate surface area is 174 Å². The number of halogens is 2. The molecule has 5 nitrogen and oxygen atoms in total. The average molecular weight is 420 g/mol. The van der Waals surface area contributed by atoms with E-state index in [4.69, 9.17) is 28.9 Å². The van der Waals surface area contributed by atoms with Crippen LogP contribution in [-0.2, 0) is 29.1 Å². The molecule has 0 radical (unpaired) electrons. The summed E-state index contributed by atoms with van der Waals surface area (Å²) in [4.78, 5) is 26.4. The van der Waals surface area contributed by atoms with E-state index in [1.54, 1.807) is 23.1 Å². The van der Waals surface area contributed by atoms with Crippen LogP contribution in [0.25, 0.3) is 0 Å². The Hall–Kier alpha value is -2.08. The lowest BCUT2D eigenvalue weighted by Crippen LogP contribution is -2.42. The molecule has 0 aliphatic carbocycles. The molecule has 0 fully saturated rings. The summed E-state index contributed by atoms with van der Waals surface area (Å²) in [6, 6.07) is 10.2. The lowest BCUT2D eigenvalue weighted by Gasteiger charge is -2.20. The molecule has 0 saturated carbocycles. The Morgan fingerprint density at radius 2 is 1.82 bits per heavy atom. The fourth-order valence-corrected chi connectivity index (χ4v) is 3.65. The highest BCUT2D eigenvalue weighted by molar-refractivity contribution is 6.35. The number of fused-ring (bicyclic) bond motifs is 1. The number of hydrogen-bond acceptors (Lipinski definition) is 3. The first-order valence-corrected chi connectivity index (χ1v) is 9.91. The third kappa shape index (κ3) is 4.66. The summed E-state index contributed by atoms with van der Waals surface area (Å²) in [6.45, 7) is 4.67. The van der Waals surface area contributed by atoms with E-state index in [1.165, 1.54) is 0 Å². The molecule has 1 aliphatic rings. The Kier molecular flexibility index (Phi) is 6.28. The van der Waals surface area contributed by atoms with E-state index in [-0.39, 0.29) is 17.7 Å². The fourth-order valence-electron chi connectivity index (χ4n) is 3.16. The number of hydrogen-bond donors (Lipinski definition) is 2. The van der Waals surface area contributed by atoms with Crippen LogP contribution in [0.15, 0.2) is 36.4 Å². The standard InChI is InChI=1S/C21H23Cl2N3O2/c1-12(2)20(27)25-17-6-4-14-10-26(11-15(14)7-17)21(28)19(24)8-13-3-5-16(22)9-18(13)23/h3-7,9,12,19H,8,10-11,24H2,1-2H3,(H,25,27)/t19-/m1/s1. The monoisotopic (exact) mass is 419 g/mol. The number of nitrogens with two attached hydrogens (primary N) is 1. The van der Waals surface area contributed by atoms with Gasteiger partial charge in [0.1, 0.15) is 0 Å². The number of benzene rings is 2. The largest absolute Gasteiger partial charge is 0.333 e. The SMILES string of the molecule is CC(C)C(=O)Nc1ccc2c(c1)CN(C(=O)[C@H](N)Cc1ccc(Cl)cc1Cl)C2. The van der Waals surface area contributed by atoms with Crippen molar-refractivity contribution in [3.63, 3.8) is 0 Å². The maximum Gasteiger partial charge on any atom is 0.240 e. The van der Waals surface area contributed by atoms with E-state index < -0.39 is 6.04 Å². The number of anilines is 1. The van der Waals surface area contributed by atoms with E-state index in [0.717, 1.165) is 22.4 Å². The van der Waals surface area contributed by atoms with Crippen molar-refractivity contribution < 1.29 is 9.59 Å². The normalized spacial score (nSPS) is 14.1. The van der Waals surface area contributed by atoms with Gasteiger partial charge in [-0.1, -0.05) is 49.2 Å². The van der Waals surface area contributed by atoms with Gasteiger partial charge in [0.25, 0.3) is 0 Å². The first-order chi connectivity index (χ1) is 13.2. The maximum absolute atomic E-state index is 12.8. The van der Waals surface area contributed by atoms with Crippen molar-refractivity contribution in [3.8, 4) is 0 Å². The van der Waals surface area contributed by atoms with Crippen molar-refractivity contribution in [2.24, 2.45) is 11.7 Å². The summed E-state index contributed by atoms with van der Waals surface area (Å²) in [7, 11) is 0. The van der Waals surface area contributed by atoms with E-state index in [9.17, 15) is 9.59 Å². The molecular weight excluding hydrogens is 397 g/mol. The summed E-state index contributed by atoms with van der Waals surface area (Å²) in [6.07, 6.45) is 0.345. The van der Waals surface area contributed by atoms with Gasteiger partial charge in [-0.3, -0.25) is 9.59 Å². The molecule has 0 aromatic heterocycles. The molecule has 3 rings (SSSR count). The van der Waals surface area contributed by atoms with E-state index >= 15 is 0 Å². The van der Waals surface area contributed by atoms with E-state index in [1.807, 2.05) is 32.0 Å². The van der Waals surface area contributed by atoms with Gasteiger partial charge >= 0.3 is 0 Å². The highest BCUT2D eigenvalue weighted by Crippen LogP contribution is 2.27. The third-order valence-electron chi connectivity index (χ3n) is 4.80. The quantitative estimate of drug-likeness (QED) is 0.768. The Morgan fingerprint density at radius 1 is 1.11 bits per heavy atom. The molecule has 2 amide bonds. The summed E-state index contributed by atoms with van der Waals surface area (Å²) in [5.74, 6) is -0.258. The first kappa shape index (κ1) is 20.6. The molecule has 28 heavy (non-hydrogen) atoms. The molecule has 0 bridgehead atoms. The number of carbonyl (C=O) groups excluding carboxylic acids is 2. The highest BCUT2D eigenvalue weighted by Gasteiger charge is 2.28. The fraction of sp³-hybridized carbons (Fsp3) is 0.333. The number of amides is 2. The van der Waals surface area contributed by atoms with Crippen LogP contribution in [0.4, 0.5) is 5.69 Å². The van der Waals surface area contributed by atoms with Crippen LogP contribution in [0, 0.1) is 5.92 Å². The molecule has 0 saturated heterocycles. The summed E-state index contributed by atoms with van der Waals surface area (Å²) in [5.41, 5.74) is 9.78. The van der Waals surface area contributed by atoms with E-state index in [2.05, 4.69) is 5.32 Å². The Morgan fingerprint density at radius 3 is 2.50 bits per heavy atom. The number of rotatable bonds is 5. The summed E-state index contributed by atoms with van der Waals surface area (Å²) >= 11 is 12.1. The lowest BCUT2D eigenvalue weighted by molar-refractivity contribution is -0.133. The van der Waals surface area contributed by atoms with Crippen LogP contribution in [0.5, 0.6) is 0 Å². The molecule has 7 heteroatoms. The van der Waals surface area contributed by atoms with Crippen LogP contribution in [0.1, 0.15) is 30.5 Å². The predicted octanol–water partition coefficient (Wildman–Crippen LogP) is 4.00. The summed E-state index contributed by atoms with van der Waals surface area (Å²) in [5, 5.41) is 3.94. The van der Waals surface area contributed by atoms with Crippen molar-refractivity contribution >= 4 is 40.7 Å².